The fraction of sp³-hybridized carbons (Fsp3) is 0.250. The maximum absolute atomic E-state index is 11.5. The number of nitrogens with two attached hydrogens (primary N) is 1. The Hall–Kier alpha value is -2.90. The zero-order chi connectivity index (χ0) is 19.7. The monoisotopic (exact) mass is 397 g/mol. The summed E-state index contributed by atoms with van der Waals surface area (Å²) in [7, 11) is 0. The highest BCUT2D eigenvalue weighted by molar-refractivity contribution is 6.34. The van der Waals surface area contributed by atoms with E-state index < -0.39 is 6.23 Å². The van der Waals surface area contributed by atoms with Crippen molar-refractivity contribution in [3.05, 3.63) is 64.9 Å². The number of rotatable bonds is 4. The van der Waals surface area contributed by atoms with Gasteiger partial charge in [-0.25, -0.2) is 9.67 Å². The first kappa shape index (κ1) is 18.5. The van der Waals surface area contributed by atoms with Gasteiger partial charge in [-0.05, 0) is 23.1 Å². The van der Waals surface area contributed by atoms with Gasteiger partial charge in [0.15, 0.2) is 0 Å². The van der Waals surface area contributed by atoms with Crippen LogP contribution in [0.5, 0.6) is 0 Å². The number of nitrogens with one attached hydrogen (secondary N) is 1. The number of amides is 1. The summed E-state index contributed by atoms with van der Waals surface area (Å²) in [5.74, 6) is -0.107. The van der Waals surface area contributed by atoms with Gasteiger partial charge in [0.1, 0.15) is 12.6 Å². The Labute approximate surface area is 167 Å². The minimum atomic E-state index is -0.925. The molecule has 0 radical (unpaired) electrons. The summed E-state index contributed by atoms with van der Waals surface area (Å²) in [6.45, 7) is 0.576. The van der Waals surface area contributed by atoms with E-state index in [1.165, 1.54) is 0 Å². The Morgan fingerprint density at radius 2 is 2.04 bits per heavy atom. The predicted molar refractivity (Wildman–Crippen MR) is 107 cm³/mol. The van der Waals surface area contributed by atoms with Gasteiger partial charge in [0.05, 0.1) is 11.6 Å². The van der Waals surface area contributed by atoms with Crippen molar-refractivity contribution >= 4 is 23.5 Å². The summed E-state index contributed by atoms with van der Waals surface area (Å²) >= 11 is 6.69. The summed E-state index contributed by atoms with van der Waals surface area (Å²) in [6, 6.07) is 13.8. The van der Waals surface area contributed by atoms with Gasteiger partial charge in [-0.2, -0.15) is 0 Å². The molecule has 0 aliphatic carbocycles. The van der Waals surface area contributed by atoms with Crippen molar-refractivity contribution in [3.63, 3.8) is 0 Å². The molecule has 144 valence electrons. The first-order valence-electron chi connectivity index (χ1n) is 9.01. The van der Waals surface area contributed by atoms with E-state index >= 15 is 0 Å². The van der Waals surface area contributed by atoms with Gasteiger partial charge < -0.3 is 16.2 Å². The van der Waals surface area contributed by atoms with Gasteiger partial charge in [0.2, 0.25) is 11.9 Å². The summed E-state index contributed by atoms with van der Waals surface area (Å²) < 4.78 is 1.68. The van der Waals surface area contributed by atoms with Crippen LogP contribution in [0, 0.1) is 0 Å². The van der Waals surface area contributed by atoms with Crippen molar-refractivity contribution in [3.8, 4) is 11.1 Å². The van der Waals surface area contributed by atoms with Gasteiger partial charge in [0.25, 0.3) is 0 Å². The van der Waals surface area contributed by atoms with Crippen LogP contribution in [-0.4, -0.2) is 32.0 Å². The fourth-order valence-corrected chi connectivity index (χ4v) is 3.90. The molecule has 2 heterocycles. The van der Waals surface area contributed by atoms with E-state index in [1.54, 1.807) is 11.0 Å². The number of hydrogen-bond acceptors (Lipinski definition) is 5. The largest absolute Gasteiger partial charge is 0.373 e. The molecule has 1 saturated heterocycles. The molecule has 1 aromatic heterocycles. The SMILES string of the molecule is Nc1ncn(Cc2ccc(-c3cccc(C4CCC(=O)NC4O)c3Cl)cc2)n1. The Morgan fingerprint density at radius 1 is 1.25 bits per heavy atom. The lowest BCUT2D eigenvalue weighted by molar-refractivity contribution is -0.127. The van der Waals surface area contributed by atoms with Gasteiger partial charge >= 0.3 is 0 Å². The predicted octanol–water partition coefficient (Wildman–Crippen LogP) is 2.54. The van der Waals surface area contributed by atoms with Crippen molar-refractivity contribution in [2.45, 2.75) is 31.5 Å². The van der Waals surface area contributed by atoms with E-state index in [1.807, 2.05) is 42.5 Å². The van der Waals surface area contributed by atoms with Crippen LogP contribution in [0.3, 0.4) is 0 Å². The van der Waals surface area contributed by atoms with E-state index in [4.69, 9.17) is 17.3 Å². The first-order valence-corrected chi connectivity index (χ1v) is 9.39. The number of aliphatic hydroxyl groups excluding tert-OH is 1. The van der Waals surface area contributed by atoms with Crippen LogP contribution < -0.4 is 11.1 Å². The van der Waals surface area contributed by atoms with Crippen molar-refractivity contribution < 1.29 is 9.90 Å². The molecule has 2 unspecified atom stereocenters. The smallest absolute Gasteiger partial charge is 0.239 e. The quantitative estimate of drug-likeness (QED) is 0.627. The molecule has 4 N–H and O–H groups in total. The molecule has 1 amide bonds. The van der Waals surface area contributed by atoms with Crippen LogP contribution in [0.4, 0.5) is 5.95 Å². The average Bonchev–Trinajstić information content (AvgIpc) is 3.08. The molecular formula is C20H20ClN5O2. The fourth-order valence-electron chi connectivity index (χ4n) is 3.53. The van der Waals surface area contributed by atoms with Gasteiger partial charge in [0, 0.05) is 17.9 Å². The molecule has 1 fully saturated rings. The Morgan fingerprint density at radius 3 is 2.71 bits per heavy atom. The summed E-state index contributed by atoms with van der Waals surface area (Å²) in [4.78, 5) is 15.4. The molecule has 8 heteroatoms. The molecule has 0 bridgehead atoms. The number of carbonyl (C=O) groups is 1. The molecule has 4 rings (SSSR count). The Bertz CT molecular complexity index is 1000. The van der Waals surface area contributed by atoms with E-state index in [-0.39, 0.29) is 17.8 Å². The second-order valence-corrected chi connectivity index (χ2v) is 7.24. The topological polar surface area (TPSA) is 106 Å². The zero-order valence-corrected chi connectivity index (χ0v) is 15.8. The first-order chi connectivity index (χ1) is 13.5. The number of hydrogen-bond donors (Lipinski definition) is 3. The number of nitrogen functional groups attached to an aromatic ring is 1. The molecule has 7 nitrogen and oxygen atoms in total. The molecule has 1 aliphatic rings. The minimum Gasteiger partial charge on any atom is -0.373 e. The standard InChI is InChI=1S/C20H20ClN5O2/c21-18-14(2-1-3-15(18)16-8-9-17(27)24-19(16)28)13-6-4-12(5-7-13)10-26-11-23-20(22)25-26/h1-7,11,16,19,28H,8-10H2,(H2,22,25)(H,24,27). The molecule has 2 aromatic carbocycles. The maximum Gasteiger partial charge on any atom is 0.239 e. The summed E-state index contributed by atoms with van der Waals surface area (Å²) in [5, 5.41) is 17.5. The van der Waals surface area contributed by atoms with Crippen molar-refractivity contribution in [2.75, 3.05) is 5.73 Å². The molecule has 1 aliphatic heterocycles. The van der Waals surface area contributed by atoms with Crippen molar-refractivity contribution in [1.29, 1.82) is 0 Å². The van der Waals surface area contributed by atoms with E-state index in [0.717, 1.165) is 22.3 Å². The van der Waals surface area contributed by atoms with Crippen LogP contribution in [0.25, 0.3) is 11.1 Å². The van der Waals surface area contributed by atoms with Gasteiger partial charge in [-0.1, -0.05) is 54.1 Å². The van der Waals surface area contributed by atoms with E-state index in [2.05, 4.69) is 15.4 Å². The molecular weight excluding hydrogens is 378 g/mol. The number of anilines is 1. The Kier molecular flexibility index (Phi) is 5.02. The molecule has 28 heavy (non-hydrogen) atoms. The van der Waals surface area contributed by atoms with Crippen LogP contribution in [0.1, 0.15) is 29.9 Å². The molecule has 2 atom stereocenters. The highest BCUT2D eigenvalue weighted by Gasteiger charge is 2.30. The number of aliphatic hydroxyl groups is 1. The number of halogens is 1. The zero-order valence-electron chi connectivity index (χ0n) is 15.0. The number of benzene rings is 2. The summed E-state index contributed by atoms with van der Waals surface area (Å²) in [6.07, 6.45) is 1.61. The molecule has 0 saturated carbocycles. The lowest BCUT2D eigenvalue weighted by Gasteiger charge is -2.29. The lowest BCUT2D eigenvalue weighted by Crippen LogP contribution is -2.43. The van der Waals surface area contributed by atoms with Crippen LogP contribution in [-0.2, 0) is 11.3 Å². The Balaban J connectivity index is 1.58. The maximum atomic E-state index is 11.5. The van der Waals surface area contributed by atoms with Crippen LogP contribution >= 0.6 is 11.6 Å². The summed E-state index contributed by atoms with van der Waals surface area (Å²) in [5.41, 5.74) is 9.31. The lowest BCUT2D eigenvalue weighted by atomic mass is 9.87. The van der Waals surface area contributed by atoms with Crippen molar-refractivity contribution in [2.24, 2.45) is 0 Å². The number of carbonyl (C=O) groups excluding carboxylic acids is 1. The third-order valence-electron chi connectivity index (χ3n) is 4.96. The molecule has 3 aromatic rings. The third-order valence-corrected chi connectivity index (χ3v) is 5.39. The van der Waals surface area contributed by atoms with Crippen LogP contribution in [0.15, 0.2) is 48.8 Å². The molecule has 0 spiro atoms. The number of nitrogens with zero attached hydrogens (tertiary/aromatic N) is 3. The number of aromatic nitrogens is 3. The third kappa shape index (κ3) is 3.72. The highest BCUT2D eigenvalue weighted by Crippen LogP contribution is 2.38. The van der Waals surface area contributed by atoms with Crippen LogP contribution in [0.2, 0.25) is 5.02 Å². The van der Waals surface area contributed by atoms with E-state index in [9.17, 15) is 9.90 Å². The highest BCUT2D eigenvalue weighted by atomic mass is 35.5. The minimum absolute atomic E-state index is 0.138. The number of piperidine rings is 1. The van der Waals surface area contributed by atoms with E-state index in [0.29, 0.717) is 24.4 Å². The average molecular weight is 398 g/mol. The van der Waals surface area contributed by atoms with Gasteiger partial charge in [-0.15, -0.1) is 5.10 Å². The van der Waals surface area contributed by atoms with Gasteiger partial charge in [-0.3, -0.25) is 4.79 Å². The van der Waals surface area contributed by atoms with Crippen molar-refractivity contribution in [1.82, 2.24) is 20.1 Å². The second-order valence-electron chi connectivity index (χ2n) is 6.86. The normalized spacial score (nSPS) is 19.4. The second kappa shape index (κ2) is 7.61.